The van der Waals surface area contributed by atoms with Crippen molar-refractivity contribution in [3.63, 3.8) is 0 Å². The van der Waals surface area contributed by atoms with E-state index in [1.807, 2.05) is 0 Å². The van der Waals surface area contributed by atoms with Crippen LogP contribution in [0.1, 0.15) is 29.8 Å². The predicted octanol–water partition coefficient (Wildman–Crippen LogP) is 3.54. The van der Waals surface area contributed by atoms with Crippen molar-refractivity contribution >= 4 is 34.9 Å². The number of nitrogens with one attached hydrogen (secondary N) is 2. The third kappa shape index (κ3) is 4.59. The topological polar surface area (TPSA) is 99.6 Å². The summed E-state index contributed by atoms with van der Waals surface area (Å²) in [4.78, 5) is 20.0. The van der Waals surface area contributed by atoms with Crippen LogP contribution < -0.4 is 10.2 Å². The largest absolute Gasteiger partial charge is 0.504 e. The number of H-pyrrole nitrogens is 1. The summed E-state index contributed by atoms with van der Waals surface area (Å²) >= 11 is 1.63. The quantitative estimate of drug-likeness (QED) is 0.343. The van der Waals surface area contributed by atoms with Gasteiger partial charge >= 0.3 is 0 Å². The fourth-order valence-corrected chi connectivity index (χ4v) is 3.19. The molecule has 0 bridgehead atoms. The van der Waals surface area contributed by atoms with Crippen molar-refractivity contribution in [3.8, 4) is 11.5 Å². The normalized spacial score (nSPS) is 11.4. The molecular weight excluding hydrogens is 364 g/mol. The number of methoxy groups -OCH3 is 1. The molecule has 8 heteroatoms. The molecule has 2 aromatic carbocycles. The maximum Gasteiger partial charge on any atom is 0.271 e. The average molecular weight is 384 g/mol. The first kappa shape index (κ1) is 18.8. The van der Waals surface area contributed by atoms with Crippen LogP contribution in [0.3, 0.4) is 0 Å². The molecule has 0 atom stereocenters. The van der Waals surface area contributed by atoms with Gasteiger partial charge in [0, 0.05) is 10.8 Å². The molecule has 0 radical (unpaired) electrons. The zero-order valence-electron chi connectivity index (χ0n) is 15.2. The van der Waals surface area contributed by atoms with Gasteiger partial charge < -0.3 is 14.8 Å². The van der Waals surface area contributed by atoms with E-state index in [9.17, 15) is 9.90 Å². The Morgan fingerprint density at radius 2 is 2.15 bits per heavy atom. The molecule has 0 aliphatic heterocycles. The Labute approximate surface area is 160 Å². The number of hydrogen-bond donors (Lipinski definition) is 3. The summed E-state index contributed by atoms with van der Waals surface area (Å²) in [5, 5.41) is 14.9. The molecule has 3 rings (SSSR count). The number of carbonyl (C=O) groups is 1. The number of rotatable bonds is 6. The molecule has 0 saturated heterocycles. The first-order valence-electron chi connectivity index (χ1n) is 8.33. The first-order chi connectivity index (χ1) is 13.0. The Hall–Kier alpha value is -3.00. The number of ether oxygens (including phenoxy) is 1. The van der Waals surface area contributed by atoms with E-state index in [0.29, 0.717) is 22.1 Å². The van der Waals surface area contributed by atoms with Gasteiger partial charge in [-0.05, 0) is 42.0 Å². The number of fused-ring (bicyclic) bond motifs is 1. The van der Waals surface area contributed by atoms with E-state index < -0.39 is 0 Å². The van der Waals surface area contributed by atoms with Crippen LogP contribution in [0.25, 0.3) is 11.0 Å². The lowest BCUT2D eigenvalue weighted by molar-refractivity contribution is 0.0955. The summed E-state index contributed by atoms with van der Waals surface area (Å²) < 4.78 is 4.98. The van der Waals surface area contributed by atoms with Gasteiger partial charge in [-0.15, -0.1) is 0 Å². The van der Waals surface area contributed by atoms with Crippen LogP contribution in [0.5, 0.6) is 11.5 Å². The minimum absolute atomic E-state index is 0.00699. The van der Waals surface area contributed by atoms with Crippen molar-refractivity contribution in [2.45, 2.75) is 24.3 Å². The molecular formula is C19H20N4O3S. The SMILES string of the molecule is COc1ccc(/C=N\NC(=O)c2ccc3nc(SC(C)C)[nH]c3c2)cc1O. The Morgan fingerprint density at radius 1 is 1.33 bits per heavy atom. The Bertz CT molecular complexity index is 998. The van der Waals surface area contributed by atoms with Crippen LogP contribution in [0.15, 0.2) is 46.7 Å². The third-order valence-corrected chi connectivity index (χ3v) is 4.54. The fourth-order valence-electron chi connectivity index (χ4n) is 2.42. The van der Waals surface area contributed by atoms with Crippen LogP contribution in [0, 0.1) is 0 Å². The fraction of sp³-hybridized carbons (Fsp3) is 0.211. The summed E-state index contributed by atoms with van der Waals surface area (Å²) in [5.74, 6) is 0.0464. The summed E-state index contributed by atoms with van der Waals surface area (Å²) in [6, 6.07) is 10.1. The molecule has 0 fully saturated rings. The number of amides is 1. The molecule has 1 aromatic heterocycles. The van der Waals surface area contributed by atoms with Gasteiger partial charge in [-0.2, -0.15) is 5.10 Å². The summed E-state index contributed by atoms with van der Waals surface area (Å²) in [5.41, 5.74) is 5.20. The van der Waals surface area contributed by atoms with Crippen LogP contribution in [0.4, 0.5) is 0 Å². The number of imidazole rings is 1. The molecule has 1 amide bonds. The minimum atomic E-state index is -0.335. The van der Waals surface area contributed by atoms with Gasteiger partial charge in [-0.3, -0.25) is 4.79 Å². The highest BCUT2D eigenvalue weighted by Crippen LogP contribution is 2.25. The number of thioether (sulfide) groups is 1. The van der Waals surface area contributed by atoms with Crippen molar-refractivity contribution in [3.05, 3.63) is 47.5 Å². The number of phenolic OH excluding ortho intramolecular Hbond substituents is 1. The van der Waals surface area contributed by atoms with E-state index in [4.69, 9.17) is 4.74 Å². The number of aromatic amines is 1. The molecule has 3 aromatic rings. The zero-order chi connectivity index (χ0) is 19.4. The van der Waals surface area contributed by atoms with Gasteiger partial charge in [-0.25, -0.2) is 10.4 Å². The van der Waals surface area contributed by atoms with Crippen LogP contribution in [-0.4, -0.2) is 39.6 Å². The molecule has 0 unspecified atom stereocenters. The lowest BCUT2D eigenvalue weighted by Crippen LogP contribution is -2.17. The van der Waals surface area contributed by atoms with Crippen molar-refractivity contribution in [2.24, 2.45) is 5.10 Å². The number of nitrogens with zero attached hydrogens (tertiary/aromatic N) is 2. The maximum absolute atomic E-state index is 12.3. The molecule has 140 valence electrons. The molecule has 3 N–H and O–H groups in total. The molecule has 0 aliphatic rings. The standard InChI is InChI=1S/C19H20N4O3S/c1-11(2)27-19-21-14-6-5-13(9-15(14)22-19)18(25)23-20-10-12-4-7-17(26-3)16(24)8-12/h4-11,24H,1-3H3,(H,21,22)(H,23,25)/b20-10-. The molecule has 7 nitrogen and oxygen atoms in total. The second-order valence-corrected chi connectivity index (χ2v) is 7.64. The number of carbonyl (C=O) groups excluding carboxylic acids is 1. The molecule has 0 aliphatic carbocycles. The average Bonchev–Trinajstić information content (AvgIpc) is 3.02. The highest BCUT2D eigenvalue weighted by Gasteiger charge is 2.10. The van der Waals surface area contributed by atoms with Crippen molar-refractivity contribution < 1.29 is 14.6 Å². The van der Waals surface area contributed by atoms with Crippen molar-refractivity contribution in [1.29, 1.82) is 0 Å². The van der Waals surface area contributed by atoms with E-state index in [1.54, 1.807) is 42.1 Å². The number of aromatic hydroxyl groups is 1. The maximum atomic E-state index is 12.3. The second kappa shape index (κ2) is 8.13. The molecule has 0 saturated carbocycles. The number of benzene rings is 2. The minimum Gasteiger partial charge on any atom is -0.504 e. The van der Waals surface area contributed by atoms with Crippen LogP contribution in [-0.2, 0) is 0 Å². The molecule has 27 heavy (non-hydrogen) atoms. The monoisotopic (exact) mass is 384 g/mol. The Balaban J connectivity index is 1.69. The number of phenols is 1. The number of hydrazone groups is 1. The van der Waals surface area contributed by atoms with Gasteiger partial charge in [0.05, 0.1) is 24.4 Å². The van der Waals surface area contributed by atoms with Crippen molar-refractivity contribution in [1.82, 2.24) is 15.4 Å². The van der Waals surface area contributed by atoms with Crippen LogP contribution in [0.2, 0.25) is 0 Å². The van der Waals surface area contributed by atoms with E-state index in [0.717, 1.165) is 16.2 Å². The van der Waals surface area contributed by atoms with Gasteiger partial charge in [0.25, 0.3) is 5.91 Å². The number of aromatic nitrogens is 2. The van der Waals surface area contributed by atoms with E-state index in [1.165, 1.54) is 19.4 Å². The molecule has 0 spiro atoms. The molecule has 1 heterocycles. The van der Waals surface area contributed by atoms with Gasteiger partial charge in [0.15, 0.2) is 16.7 Å². The third-order valence-electron chi connectivity index (χ3n) is 3.65. The highest BCUT2D eigenvalue weighted by atomic mass is 32.2. The second-order valence-electron chi connectivity index (χ2n) is 6.07. The smallest absolute Gasteiger partial charge is 0.271 e. The Kier molecular flexibility index (Phi) is 5.66. The van der Waals surface area contributed by atoms with E-state index >= 15 is 0 Å². The zero-order valence-corrected chi connectivity index (χ0v) is 16.0. The predicted molar refractivity (Wildman–Crippen MR) is 107 cm³/mol. The highest BCUT2D eigenvalue weighted by molar-refractivity contribution is 7.99. The van der Waals surface area contributed by atoms with E-state index in [2.05, 4.69) is 34.3 Å². The number of hydrogen-bond acceptors (Lipinski definition) is 6. The lowest BCUT2D eigenvalue weighted by Gasteiger charge is -2.03. The van der Waals surface area contributed by atoms with Crippen molar-refractivity contribution in [2.75, 3.05) is 7.11 Å². The van der Waals surface area contributed by atoms with Gasteiger partial charge in [0.1, 0.15) is 0 Å². The van der Waals surface area contributed by atoms with Crippen LogP contribution >= 0.6 is 11.8 Å². The van der Waals surface area contributed by atoms with Gasteiger partial charge in [-0.1, -0.05) is 25.6 Å². The first-order valence-corrected chi connectivity index (χ1v) is 9.21. The van der Waals surface area contributed by atoms with E-state index in [-0.39, 0.29) is 11.7 Å². The Morgan fingerprint density at radius 3 is 2.85 bits per heavy atom. The lowest BCUT2D eigenvalue weighted by atomic mass is 10.2. The van der Waals surface area contributed by atoms with Gasteiger partial charge in [0.2, 0.25) is 0 Å². The summed E-state index contributed by atoms with van der Waals surface area (Å²) in [6.07, 6.45) is 1.45. The summed E-state index contributed by atoms with van der Waals surface area (Å²) in [7, 11) is 1.48. The summed E-state index contributed by atoms with van der Waals surface area (Å²) in [6.45, 7) is 4.19.